The van der Waals surface area contributed by atoms with E-state index in [9.17, 15) is 0 Å². The summed E-state index contributed by atoms with van der Waals surface area (Å²) >= 11 is 0.391. The van der Waals surface area contributed by atoms with Crippen LogP contribution in [0.5, 0.6) is 0 Å². The summed E-state index contributed by atoms with van der Waals surface area (Å²) in [6.07, 6.45) is 6.30. The standard InChI is InChI=1S/C22H27N2O2Se/c1-23-12-13-24(19-23)14-15-26-21(18-27-22-10-6-3-7-11-22)17-25-16-20-8-4-2-5-9-20/h2-13,19,21H,14-18H2,1H3/q+1. The SMILES string of the molecule is C[n+]1ccn(CCOC(COCc2ccccc2)C[Se]c2ccccc2)c1. The Balaban J connectivity index is 1.47. The number of ether oxygens (including phenoxy) is 2. The van der Waals surface area contributed by atoms with Gasteiger partial charge in [0.25, 0.3) is 0 Å². The third-order valence-electron chi connectivity index (χ3n) is 4.12. The maximum atomic E-state index is 6.18. The summed E-state index contributed by atoms with van der Waals surface area (Å²) in [5.74, 6) is 0. The zero-order chi connectivity index (χ0) is 18.7. The van der Waals surface area contributed by atoms with Crippen molar-refractivity contribution >= 4 is 19.4 Å². The molecule has 0 aliphatic carbocycles. The van der Waals surface area contributed by atoms with Crippen LogP contribution in [-0.4, -0.2) is 38.8 Å². The van der Waals surface area contributed by atoms with E-state index in [0.717, 1.165) is 11.9 Å². The van der Waals surface area contributed by atoms with Crippen molar-refractivity contribution in [1.82, 2.24) is 4.57 Å². The molecule has 1 unspecified atom stereocenters. The van der Waals surface area contributed by atoms with E-state index in [-0.39, 0.29) is 6.10 Å². The molecule has 0 fully saturated rings. The van der Waals surface area contributed by atoms with Crippen LogP contribution in [0.3, 0.4) is 0 Å². The summed E-state index contributed by atoms with van der Waals surface area (Å²) in [4.78, 5) is 0. The average molecular weight is 430 g/mol. The second kappa shape index (κ2) is 11.1. The summed E-state index contributed by atoms with van der Waals surface area (Å²) < 4.78 is 17.7. The van der Waals surface area contributed by atoms with Crippen molar-refractivity contribution in [2.75, 3.05) is 13.2 Å². The molecule has 0 spiro atoms. The average Bonchev–Trinajstić information content (AvgIpc) is 3.12. The molecule has 3 rings (SSSR count). The van der Waals surface area contributed by atoms with Gasteiger partial charge in [-0.05, 0) is 0 Å². The van der Waals surface area contributed by atoms with E-state index in [2.05, 4.69) is 59.6 Å². The molecular formula is C22H27N2O2Se+. The maximum absolute atomic E-state index is 6.18. The van der Waals surface area contributed by atoms with E-state index < -0.39 is 0 Å². The van der Waals surface area contributed by atoms with Gasteiger partial charge in [0.15, 0.2) is 0 Å². The van der Waals surface area contributed by atoms with Crippen molar-refractivity contribution in [2.45, 2.75) is 24.6 Å². The van der Waals surface area contributed by atoms with E-state index >= 15 is 0 Å². The van der Waals surface area contributed by atoms with Gasteiger partial charge >= 0.3 is 168 Å². The Morgan fingerprint density at radius 1 is 1.04 bits per heavy atom. The summed E-state index contributed by atoms with van der Waals surface area (Å²) in [6.45, 7) is 2.81. The Morgan fingerprint density at radius 3 is 2.48 bits per heavy atom. The number of hydrogen-bond donors (Lipinski definition) is 0. The number of imidazole rings is 1. The van der Waals surface area contributed by atoms with Gasteiger partial charge in [-0.15, -0.1) is 0 Å². The molecule has 0 aliphatic heterocycles. The van der Waals surface area contributed by atoms with Crippen molar-refractivity contribution in [2.24, 2.45) is 7.05 Å². The van der Waals surface area contributed by atoms with Gasteiger partial charge < -0.3 is 0 Å². The van der Waals surface area contributed by atoms with Crippen molar-refractivity contribution in [3.05, 3.63) is 84.9 Å². The Labute approximate surface area is 167 Å². The predicted molar refractivity (Wildman–Crippen MR) is 108 cm³/mol. The Morgan fingerprint density at radius 2 is 1.78 bits per heavy atom. The number of aryl methyl sites for hydroxylation is 1. The van der Waals surface area contributed by atoms with E-state index in [1.807, 2.05) is 36.0 Å². The molecule has 0 aliphatic rings. The monoisotopic (exact) mass is 431 g/mol. The van der Waals surface area contributed by atoms with E-state index in [4.69, 9.17) is 9.47 Å². The number of hydrogen-bond acceptors (Lipinski definition) is 2. The van der Waals surface area contributed by atoms with E-state index in [0.29, 0.717) is 34.8 Å². The van der Waals surface area contributed by atoms with Crippen LogP contribution in [0.2, 0.25) is 5.32 Å². The minimum absolute atomic E-state index is 0.123. The van der Waals surface area contributed by atoms with Gasteiger partial charge in [0.2, 0.25) is 0 Å². The third-order valence-corrected chi connectivity index (χ3v) is 6.52. The minimum atomic E-state index is 0.123. The first-order valence-electron chi connectivity index (χ1n) is 9.22. The number of aromatic nitrogens is 2. The molecular weight excluding hydrogens is 403 g/mol. The number of benzene rings is 2. The van der Waals surface area contributed by atoms with Gasteiger partial charge in [-0.2, -0.15) is 0 Å². The summed E-state index contributed by atoms with van der Waals surface area (Å²) in [6, 6.07) is 21.0. The Bertz CT molecular complexity index is 777. The summed E-state index contributed by atoms with van der Waals surface area (Å²) in [5, 5.41) is 1.02. The number of nitrogens with zero attached hydrogens (tertiary/aromatic N) is 2. The van der Waals surface area contributed by atoms with Crippen LogP contribution in [0.25, 0.3) is 0 Å². The van der Waals surface area contributed by atoms with Crippen LogP contribution in [0, 0.1) is 0 Å². The zero-order valence-corrected chi connectivity index (χ0v) is 17.5. The van der Waals surface area contributed by atoms with Crippen LogP contribution < -0.4 is 9.03 Å². The van der Waals surface area contributed by atoms with Gasteiger partial charge in [0, 0.05) is 0 Å². The van der Waals surface area contributed by atoms with E-state index in [1.54, 1.807) is 0 Å². The first-order chi connectivity index (χ1) is 13.3. The fraction of sp³-hybridized carbons (Fsp3) is 0.318. The van der Waals surface area contributed by atoms with Crippen molar-refractivity contribution in [1.29, 1.82) is 0 Å². The Hall–Kier alpha value is -1.91. The topological polar surface area (TPSA) is 27.3 Å². The van der Waals surface area contributed by atoms with Crippen LogP contribution in [0.15, 0.2) is 79.4 Å². The van der Waals surface area contributed by atoms with Gasteiger partial charge in [0.1, 0.15) is 0 Å². The second-order valence-corrected chi connectivity index (χ2v) is 8.73. The number of rotatable bonds is 11. The molecule has 1 heterocycles. The first-order valence-corrected chi connectivity index (χ1v) is 11.3. The molecule has 1 aromatic heterocycles. The summed E-state index contributed by atoms with van der Waals surface area (Å²) in [5.41, 5.74) is 1.20. The quantitative estimate of drug-likeness (QED) is 0.345. The molecule has 27 heavy (non-hydrogen) atoms. The fourth-order valence-corrected chi connectivity index (χ4v) is 4.62. The van der Waals surface area contributed by atoms with Crippen LogP contribution in [-0.2, 0) is 29.7 Å². The first kappa shape index (κ1) is 19.8. The molecule has 3 aromatic rings. The van der Waals surface area contributed by atoms with Crippen molar-refractivity contribution in [3.8, 4) is 0 Å². The fourth-order valence-electron chi connectivity index (χ4n) is 2.69. The van der Waals surface area contributed by atoms with Gasteiger partial charge in [-0.25, -0.2) is 0 Å². The molecule has 4 nitrogen and oxygen atoms in total. The van der Waals surface area contributed by atoms with E-state index in [1.165, 1.54) is 10.0 Å². The van der Waals surface area contributed by atoms with Crippen LogP contribution in [0.4, 0.5) is 0 Å². The molecule has 0 bridgehead atoms. The zero-order valence-electron chi connectivity index (χ0n) is 15.7. The van der Waals surface area contributed by atoms with Crippen molar-refractivity contribution in [3.63, 3.8) is 0 Å². The molecule has 5 heteroatoms. The second-order valence-electron chi connectivity index (χ2n) is 6.43. The molecule has 0 N–H and O–H groups in total. The van der Waals surface area contributed by atoms with Gasteiger partial charge in [-0.1, -0.05) is 0 Å². The normalized spacial score (nSPS) is 12.2. The van der Waals surface area contributed by atoms with Crippen LogP contribution >= 0.6 is 0 Å². The van der Waals surface area contributed by atoms with Crippen LogP contribution in [0.1, 0.15) is 5.56 Å². The van der Waals surface area contributed by atoms with Crippen molar-refractivity contribution < 1.29 is 14.0 Å². The molecule has 142 valence electrons. The van der Waals surface area contributed by atoms with Gasteiger partial charge in [-0.3, -0.25) is 0 Å². The molecule has 0 saturated heterocycles. The Kier molecular flexibility index (Phi) is 8.12. The third kappa shape index (κ3) is 7.31. The molecule has 1 atom stereocenters. The summed E-state index contributed by atoms with van der Waals surface area (Å²) in [7, 11) is 2.03. The van der Waals surface area contributed by atoms with Gasteiger partial charge in [0.05, 0.1) is 0 Å². The molecule has 0 saturated carbocycles. The predicted octanol–water partition coefficient (Wildman–Crippen LogP) is 2.36. The molecule has 2 aromatic carbocycles. The molecule has 0 radical (unpaired) electrons. The molecule has 0 amide bonds.